The number of phenolic OH excluding ortho intramolecular Hbond substituents is 1. The lowest BCUT2D eigenvalue weighted by atomic mass is 9.99. The van der Waals surface area contributed by atoms with E-state index in [1.807, 2.05) is 0 Å². The minimum Gasteiger partial charge on any atom is -0.507 e. The summed E-state index contributed by atoms with van der Waals surface area (Å²) in [7, 11) is 0. The van der Waals surface area contributed by atoms with Crippen LogP contribution in [0, 0.1) is 27.6 Å². The number of aryl methyl sites for hydroxylation is 3. The number of rotatable bonds is 0. The van der Waals surface area contributed by atoms with Crippen LogP contribution in [0.2, 0.25) is 0 Å². The summed E-state index contributed by atoms with van der Waals surface area (Å²) >= 11 is 0. The molecule has 16 heavy (non-hydrogen) atoms. The van der Waals surface area contributed by atoms with Gasteiger partial charge in [-0.15, -0.1) is 0 Å². The second-order valence-electron chi connectivity index (χ2n) is 3.67. The van der Waals surface area contributed by atoms with Crippen molar-refractivity contribution in [2.45, 2.75) is 27.6 Å². The van der Waals surface area contributed by atoms with Crippen molar-refractivity contribution in [3.8, 4) is 5.75 Å². The first-order chi connectivity index (χ1) is 9.61. The Bertz CT molecular complexity index is 789. The second-order valence-corrected chi connectivity index (χ2v) is 3.67. The van der Waals surface area contributed by atoms with Crippen LogP contribution in [-0.2, 0) is 0 Å². The standard InChI is InChI=1S/C13H14O3/c1-6-5-10(14)11-9(4)12(15)7(2)8(3)13(11)16-6/h5,15H,1-4H3/i1D3,4D,5D. The molecule has 0 radical (unpaired) electrons. The minimum atomic E-state index is -2.72. The van der Waals surface area contributed by atoms with Gasteiger partial charge in [0.15, 0.2) is 5.43 Å². The molecule has 1 aromatic carbocycles. The predicted octanol–water partition coefficient (Wildman–Crippen LogP) is 2.73. The van der Waals surface area contributed by atoms with E-state index in [0.717, 1.165) is 0 Å². The van der Waals surface area contributed by atoms with E-state index >= 15 is 0 Å². The molecule has 1 N–H and O–H groups in total. The molecule has 3 nitrogen and oxygen atoms in total. The third-order valence-corrected chi connectivity index (χ3v) is 2.73. The Morgan fingerprint density at radius 1 is 1.38 bits per heavy atom. The highest BCUT2D eigenvalue weighted by Gasteiger charge is 2.15. The van der Waals surface area contributed by atoms with Gasteiger partial charge in [-0.05, 0) is 38.7 Å². The van der Waals surface area contributed by atoms with E-state index in [0.29, 0.717) is 11.1 Å². The Balaban J connectivity index is 3.12. The molecule has 0 saturated carbocycles. The van der Waals surface area contributed by atoms with Crippen molar-refractivity contribution in [1.29, 1.82) is 0 Å². The quantitative estimate of drug-likeness (QED) is 0.747. The normalized spacial score (nSPS) is 16.2. The van der Waals surface area contributed by atoms with Crippen LogP contribution in [-0.4, -0.2) is 5.11 Å². The van der Waals surface area contributed by atoms with E-state index in [1.54, 1.807) is 13.8 Å². The Morgan fingerprint density at radius 3 is 2.75 bits per heavy atom. The van der Waals surface area contributed by atoms with Gasteiger partial charge in [0.05, 0.1) is 6.76 Å². The topological polar surface area (TPSA) is 50.4 Å². The van der Waals surface area contributed by atoms with Crippen molar-refractivity contribution in [2.24, 2.45) is 0 Å². The second kappa shape index (κ2) is 3.37. The average molecular weight is 223 g/mol. The van der Waals surface area contributed by atoms with Gasteiger partial charge in [0.25, 0.3) is 0 Å². The molecule has 0 aliphatic heterocycles. The van der Waals surface area contributed by atoms with E-state index in [1.165, 1.54) is 0 Å². The Hall–Kier alpha value is -1.77. The van der Waals surface area contributed by atoms with Gasteiger partial charge in [0.1, 0.15) is 17.1 Å². The molecule has 0 fully saturated rings. The monoisotopic (exact) mass is 223 g/mol. The van der Waals surface area contributed by atoms with Crippen molar-refractivity contribution in [1.82, 2.24) is 0 Å². The summed E-state index contributed by atoms with van der Waals surface area (Å²) in [6.45, 7) is 0.0818. The van der Waals surface area contributed by atoms with E-state index in [-0.39, 0.29) is 29.2 Å². The lowest BCUT2D eigenvalue weighted by molar-refractivity contribution is 0.466. The van der Waals surface area contributed by atoms with Gasteiger partial charge in [-0.25, -0.2) is 0 Å². The van der Waals surface area contributed by atoms with Crippen LogP contribution in [0.4, 0.5) is 0 Å². The van der Waals surface area contributed by atoms with E-state index in [9.17, 15) is 9.90 Å². The highest BCUT2D eigenvalue weighted by atomic mass is 16.3. The number of aromatic hydroxyl groups is 1. The van der Waals surface area contributed by atoms with Gasteiger partial charge in [0.2, 0.25) is 0 Å². The van der Waals surface area contributed by atoms with Crippen molar-refractivity contribution in [3.63, 3.8) is 0 Å². The van der Waals surface area contributed by atoms with Crippen LogP contribution in [0.3, 0.4) is 0 Å². The maximum atomic E-state index is 12.3. The first-order valence-corrected chi connectivity index (χ1v) is 4.69. The lowest BCUT2D eigenvalue weighted by Crippen LogP contribution is -2.04. The highest BCUT2D eigenvalue weighted by molar-refractivity contribution is 5.86. The first kappa shape index (κ1) is 6.09. The molecular formula is C13H14O3. The van der Waals surface area contributed by atoms with Crippen molar-refractivity contribution in [2.75, 3.05) is 0 Å². The Kier molecular flexibility index (Phi) is 1.28. The predicted molar refractivity (Wildman–Crippen MR) is 63.1 cm³/mol. The number of fused-ring (bicyclic) bond motifs is 1. The van der Waals surface area contributed by atoms with E-state index < -0.39 is 24.1 Å². The summed E-state index contributed by atoms with van der Waals surface area (Å²) in [5.74, 6) is -0.868. The van der Waals surface area contributed by atoms with Gasteiger partial charge >= 0.3 is 0 Å². The molecule has 0 aliphatic carbocycles. The van der Waals surface area contributed by atoms with Crippen molar-refractivity contribution in [3.05, 3.63) is 38.7 Å². The molecule has 0 atom stereocenters. The van der Waals surface area contributed by atoms with Crippen molar-refractivity contribution >= 4 is 11.0 Å². The summed E-state index contributed by atoms with van der Waals surface area (Å²) in [5, 5.41) is 9.95. The van der Waals surface area contributed by atoms with Crippen LogP contribution < -0.4 is 5.43 Å². The SMILES string of the molecule is [2H]Cc1c(O)c(C)c(C)c2oc(C([2H])([2H])[2H])c([2H])c(=O)c12. The molecule has 0 bridgehead atoms. The smallest absolute Gasteiger partial charge is 0.193 e. The molecule has 84 valence electrons. The summed E-state index contributed by atoms with van der Waals surface area (Å²) in [6.07, 6.45) is 0. The summed E-state index contributed by atoms with van der Waals surface area (Å²) < 4.78 is 42.5. The Labute approximate surface area is 100 Å². The average Bonchev–Trinajstić information content (AvgIpc) is 2.39. The van der Waals surface area contributed by atoms with Crippen LogP contribution in [0.25, 0.3) is 11.0 Å². The fraction of sp³-hybridized carbons (Fsp3) is 0.308. The molecule has 0 saturated heterocycles. The zero-order chi connectivity index (χ0) is 16.1. The fourth-order valence-corrected chi connectivity index (χ4v) is 1.68. The highest BCUT2D eigenvalue weighted by Crippen LogP contribution is 2.32. The number of hydrogen-bond acceptors (Lipinski definition) is 3. The molecule has 1 heterocycles. The number of hydrogen-bond donors (Lipinski definition) is 1. The summed E-state index contributed by atoms with van der Waals surface area (Å²) in [5.41, 5.74) is 0.0552. The number of phenols is 1. The molecule has 3 heteroatoms. The van der Waals surface area contributed by atoms with Gasteiger partial charge in [-0.2, -0.15) is 0 Å². The largest absolute Gasteiger partial charge is 0.507 e. The first-order valence-electron chi connectivity index (χ1n) is 7.40. The van der Waals surface area contributed by atoms with Crippen LogP contribution >= 0.6 is 0 Å². The van der Waals surface area contributed by atoms with E-state index in [2.05, 4.69) is 0 Å². The van der Waals surface area contributed by atoms with Gasteiger partial charge in [-0.3, -0.25) is 4.79 Å². The van der Waals surface area contributed by atoms with Gasteiger partial charge < -0.3 is 9.52 Å². The number of benzene rings is 1. The maximum absolute atomic E-state index is 12.3. The fourth-order valence-electron chi connectivity index (χ4n) is 1.68. The zero-order valence-electron chi connectivity index (χ0n) is 14.0. The molecule has 2 aromatic rings. The lowest BCUT2D eigenvalue weighted by Gasteiger charge is -2.11. The molecule has 0 unspecified atom stereocenters. The summed E-state index contributed by atoms with van der Waals surface area (Å²) in [4.78, 5) is 12.3. The maximum Gasteiger partial charge on any atom is 0.193 e. The van der Waals surface area contributed by atoms with Gasteiger partial charge in [0, 0.05) is 17.1 Å². The van der Waals surface area contributed by atoms with Crippen LogP contribution in [0.1, 0.15) is 29.3 Å². The molecule has 1 aromatic heterocycles. The molecule has 2 rings (SSSR count). The zero-order valence-corrected chi connectivity index (χ0v) is 8.97. The Morgan fingerprint density at radius 2 is 2.12 bits per heavy atom. The van der Waals surface area contributed by atoms with E-state index in [4.69, 9.17) is 11.3 Å². The third kappa shape index (κ3) is 1.32. The molecule has 0 aliphatic rings. The summed E-state index contributed by atoms with van der Waals surface area (Å²) in [6, 6.07) is -0.764. The molecular weight excluding hydrogens is 204 g/mol. The third-order valence-electron chi connectivity index (χ3n) is 2.73. The molecule has 0 spiro atoms. The van der Waals surface area contributed by atoms with Gasteiger partial charge in [-0.1, -0.05) is 0 Å². The van der Waals surface area contributed by atoms with Crippen molar-refractivity contribution < 1.29 is 16.4 Å². The molecule has 0 amide bonds. The van der Waals surface area contributed by atoms with Crippen LogP contribution in [0.5, 0.6) is 5.75 Å². The minimum absolute atomic E-state index is 0.0136. The van der Waals surface area contributed by atoms with Crippen LogP contribution in [0.15, 0.2) is 15.3 Å².